The highest BCUT2D eigenvalue weighted by atomic mass is 19.1. The number of hydrogen-bond donors (Lipinski definition) is 2. The molecule has 0 atom stereocenters. The summed E-state index contributed by atoms with van der Waals surface area (Å²) in [6.07, 6.45) is 0.894. The first-order valence-corrected chi connectivity index (χ1v) is 6.69. The van der Waals surface area contributed by atoms with Crippen LogP contribution in [-0.4, -0.2) is 12.5 Å². The maximum atomic E-state index is 13.1. The summed E-state index contributed by atoms with van der Waals surface area (Å²) >= 11 is 0. The second kappa shape index (κ2) is 6.74. The smallest absolute Gasteiger partial charge is 0.255 e. The average Bonchev–Trinajstić information content (AvgIpc) is 2.49. The van der Waals surface area contributed by atoms with E-state index in [1.165, 1.54) is 18.2 Å². The van der Waals surface area contributed by atoms with Crippen molar-refractivity contribution in [3.05, 3.63) is 53.8 Å². The predicted octanol–water partition coefficient (Wildman–Crippen LogP) is 3.45. The topological polar surface area (TPSA) is 64.3 Å². The molecule has 0 aliphatic carbocycles. The fourth-order valence-corrected chi connectivity index (χ4v) is 1.77. The normalized spacial score (nSPS) is 10.2. The van der Waals surface area contributed by atoms with Crippen molar-refractivity contribution in [2.75, 3.05) is 17.7 Å². The molecule has 0 fully saturated rings. The van der Waals surface area contributed by atoms with Crippen LogP contribution in [0.3, 0.4) is 0 Å². The Morgan fingerprint density at radius 3 is 2.81 bits per heavy atom. The molecule has 0 radical (unpaired) electrons. The lowest BCUT2D eigenvalue weighted by Gasteiger charge is -2.09. The molecule has 2 rings (SSSR count). The maximum Gasteiger partial charge on any atom is 0.255 e. The van der Waals surface area contributed by atoms with E-state index in [2.05, 4.69) is 5.32 Å². The van der Waals surface area contributed by atoms with Gasteiger partial charge in [0, 0.05) is 11.3 Å². The molecule has 2 aromatic rings. The monoisotopic (exact) mass is 288 g/mol. The third kappa shape index (κ3) is 3.95. The van der Waals surface area contributed by atoms with Crippen LogP contribution in [0, 0.1) is 5.82 Å². The van der Waals surface area contributed by atoms with Gasteiger partial charge in [0.1, 0.15) is 11.6 Å². The van der Waals surface area contributed by atoms with Gasteiger partial charge < -0.3 is 15.8 Å². The van der Waals surface area contributed by atoms with Gasteiger partial charge in [-0.05, 0) is 42.8 Å². The highest BCUT2D eigenvalue weighted by Crippen LogP contribution is 2.18. The number of benzene rings is 2. The van der Waals surface area contributed by atoms with Crippen LogP contribution in [0.25, 0.3) is 0 Å². The molecular formula is C16H17FN2O2. The third-order valence-corrected chi connectivity index (χ3v) is 2.82. The van der Waals surface area contributed by atoms with Crippen LogP contribution in [0.2, 0.25) is 0 Å². The van der Waals surface area contributed by atoms with Crippen LogP contribution in [0.4, 0.5) is 15.8 Å². The molecule has 3 N–H and O–H groups in total. The van der Waals surface area contributed by atoms with Crippen molar-refractivity contribution < 1.29 is 13.9 Å². The van der Waals surface area contributed by atoms with Crippen LogP contribution >= 0.6 is 0 Å². The summed E-state index contributed by atoms with van der Waals surface area (Å²) in [4.78, 5) is 12.1. The van der Waals surface area contributed by atoms with Crippen molar-refractivity contribution in [2.24, 2.45) is 0 Å². The maximum absolute atomic E-state index is 13.1. The number of rotatable bonds is 5. The van der Waals surface area contributed by atoms with Gasteiger partial charge in [0.2, 0.25) is 0 Å². The SMILES string of the molecule is CCCOc1cccc(C(=O)Nc2ccc(F)c(N)c2)c1. The number of nitrogen functional groups attached to an aromatic ring is 1. The van der Waals surface area contributed by atoms with Crippen LogP contribution in [0.5, 0.6) is 5.75 Å². The molecule has 21 heavy (non-hydrogen) atoms. The second-order valence-corrected chi connectivity index (χ2v) is 4.57. The molecule has 0 heterocycles. The second-order valence-electron chi connectivity index (χ2n) is 4.57. The van der Waals surface area contributed by atoms with Crippen LogP contribution in [0.1, 0.15) is 23.7 Å². The first kappa shape index (κ1) is 14.8. The molecular weight excluding hydrogens is 271 g/mol. The van der Waals surface area contributed by atoms with E-state index in [0.29, 0.717) is 23.6 Å². The van der Waals surface area contributed by atoms with E-state index in [4.69, 9.17) is 10.5 Å². The Kier molecular flexibility index (Phi) is 4.77. The molecule has 4 nitrogen and oxygen atoms in total. The number of amides is 1. The zero-order chi connectivity index (χ0) is 15.2. The van der Waals surface area contributed by atoms with Crippen molar-refractivity contribution in [2.45, 2.75) is 13.3 Å². The Balaban J connectivity index is 2.10. The molecule has 0 saturated heterocycles. The molecule has 0 aliphatic rings. The van der Waals surface area contributed by atoms with Crippen molar-refractivity contribution >= 4 is 17.3 Å². The van der Waals surface area contributed by atoms with Gasteiger partial charge in [0.05, 0.1) is 12.3 Å². The Labute approximate surface area is 122 Å². The van der Waals surface area contributed by atoms with Gasteiger partial charge in [-0.15, -0.1) is 0 Å². The summed E-state index contributed by atoms with van der Waals surface area (Å²) in [7, 11) is 0. The Hall–Kier alpha value is -2.56. The van der Waals surface area contributed by atoms with E-state index in [9.17, 15) is 9.18 Å². The van der Waals surface area contributed by atoms with E-state index in [1.807, 2.05) is 6.92 Å². The van der Waals surface area contributed by atoms with Gasteiger partial charge >= 0.3 is 0 Å². The Bertz CT molecular complexity index is 644. The fourth-order valence-electron chi connectivity index (χ4n) is 1.77. The number of nitrogens with two attached hydrogens (primary N) is 1. The highest BCUT2D eigenvalue weighted by molar-refractivity contribution is 6.04. The molecule has 0 spiro atoms. The van der Waals surface area contributed by atoms with E-state index in [0.717, 1.165) is 6.42 Å². The van der Waals surface area contributed by atoms with Crippen molar-refractivity contribution in [3.8, 4) is 5.75 Å². The van der Waals surface area contributed by atoms with Gasteiger partial charge in [-0.1, -0.05) is 13.0 Å². The zero-order valence-corrected chi connectivity index (χ0v) is 11.7. The van der Waals surface area contributed by atoms with Gasteiger partial charge in [-0.25, -0.2) is 4.39 Å². The number of nitrogens with one attached hydrogen (secondary N) is 1. The van der Waals surface area contributed by atoms with Crippen molar-refractivity contribution in [1.29, 1.82) is 0 Å². The third-order valence-electron chi connectivity index (χ3n) is 2.82. The first-order valence-electron chi connectivity index (χ1n) is 6.69. The molecule has 0 unspecified atom stereocenters. The lowest BCUT2D eigenvalue weighted by molar-refractivity contribution is 0.102. The minimum atomic E-state index is -0.511. The van der Waals surface area contributed by atoms with Crippen molar-refractivity contribution in [3.63, 3.8) is 0 Å². The zero-order valence-electron chi connectivity index (χ0n) is 11.7. The number of ether oxygens (including phenoxy) is 1. The summed E-state index contributed by atoms with van der Waals surface area (Å²) in [6, 6.07) is 10.9. The summed E-state index contributed by atoms with van der Waals surface area (Å²) in [5.74, 6) is -0.172. The van der Waals surface area contributed by atoms with Gasteiger partial charge in [0.25, 0.3) is 5.91 Å². The highest BCUT2D eigenvalue weighted by Gasteiger charge is 2.08. The van der Waals surface area contributed by atoms with Gasteiger partial charge in [-0.3, -0.25) is 4.79 Å². The number of anilines is 2. The minimum Gasteiger partial charge on any atom is -0.494 e. The van der Waals surface area contributed by atoms with Gasteiger partial charge in [-0.2, -0.15) is 0 Å². The number of halogens is 1. The number of carbonyl (C=O) groups is 1. The summed E-state index contributed by atoms with van der Waals surface area (Å²) < 4.78 is 18.6. The largest absolute Gasteiger partial charge is 0.494 e. The first-order chi connectivity index (χ1) is 10.1. The van der Waals surface area contributed by atoms with Crippen molar-refractivity contribution in [1.82, 2.24) is 0 Å². The van der Waals surface area contributed by atoms with E-state index >= 15 is 0 Å². The fraction of sp³-hybridized carbons (Fsp3) is 0.188. The predicted molar refractivity (Wildman–Crippen MR) is 81.0 cm³/mol. The Morgan fingerprint density at radius 1 is 1.29 bits per heavy atom. The van der Waals surface area contributed by atoms with E-state index in [-0.39, 0.29) is 11.6 Å². The average molecular weight is 288 g/mol. The van der Waals surface area contributed by atoms with Gasteiger partial charge in [0.15, 0.2) is 0 Å². The standard InChI is InChI=1S/C16H17FN2O2/c1-2-8-21-13-5-3-4-11(9-13)16(20)19-12-6-7-14(17)15(18)10-12/h3-7,9-10H,2,8,18H2,1H3,(H,19,20). The van der Waals surface area contributed by atoms with E-state index in [1.54, 1.807) is 24.3 Å². The summed E-state index contributed by atoms with van der Waals surface area (Å²) in [6.45, 7) is 2.61. The lowest BCUT2D eigenvalue weighted by atomic mass is 10.2. The molecule has 0 aliphatic heterocycles. The quantitative estimate of drug-likeness (QED) is 0.828. The molecule has 0 aromatic heterocycles. The minimum absolute atomic E-state index is 0.00664. The van der Waals surface area contributed by atoms with Crippen LogP contribution in [0.15, 0.2) is 42.5 Å². The molecule has 1 amide bonds. The number of hydrogen-bond acceptors (Lipinski definition) is 3. The summed E-state index contributed by atoms with van der Waals surface area (Å²) in [5, 5.41) is 2.67. The lowest BCUT2D eigenvalue weighted by Crippen LogP contribution is -2.12. The molecule has 110 valence electrons. The molecule has 5 heteroatoms. The Morgan fingerprint density at radius 2 is 2.10 bits per heavy atom. The molecule has 2 aromatic carbocycles. The molecule has 0 saturated carbocycles. The van der Waals surface area contributed by atoms with Crippen LogP contribution in [-0.2, 0) is 0 Å². The number of carbonyl (C=O) groups excluding carboxylic acids is 1. The van der Waals surface area contributed by atoms with E-state index < -0.39 is 5.82 Å². The summed E-state index contributed by atoms with van der Waals surface area (Å²) in [5.41, 5.74) is 6.37. The molecule has 0 bridgehead atoms. The van der Waals surface area contributed by atoms with Crippen LogP contribution < -0.4 is 15.8 Å².